The van der Waals surface area contributed by atoms with Gasteiger partial charge < -0.3 is 9.32 Å². The van der Waals surface area contributed by atoms with Crippen molar-refractivity contribution < 1.29 is 17.6 Å². The fourth-order valence-corrected chi connectivity index (χ4v) is 5.40. The Bertz CT molecular complexity index is 657. The molecule has 0 aromatic carbocycles. The first kappa shape index (κ1) is 14.6. The molecule has 116 valence electrons. The van der Waals surface area contributed by atoms with E-state index in [4.69, 9.17) is 4.42 Å². The van der Waals surface area contributed by atoms with Gasteiger partial charge in [0.25, 0.3) is 5.91 Å². The maximum Gasteiger partial charge on any atom is 0.291 e. The molecule has 2 fully saturated rings. The quantitative estimate of drug-likeness (QED) is 0.820. The van der Waals surface area contributed by atoms with Gasteiger partial charge in [-0.25, -0.2) is 13.4 Å². The molecule has 3 rings (SSSR count). The lowest BCUT2D eigenvalue weighted by Crippen LogP contribution is -2.31. The summed E-state index contributed by atoms with van der Waals surface area (Å²) in [5.74, 6) is 1.38. The molecule has 0 N–H and O–H groups in total. The first-order valence-corrected chi connectivity index (χ1v) is 9.06. The van der Waals surface area contributed by atoms with Crippen molar-refractivity contribution in [3.8, 4) is 0 Å². The van der Waals surface area contributed by atoms with Crippen LogP contribution in [0, 0.1) is 18.8 Å². The zero-order valence-corrected chi connectivity index (χ0v) is 13.3. The maximum atomic E-state index is 12.5. The van der Waals surface area contributed by atoms with Crippen LogP contribution < -0.4 is 0 Å². The fraction of sp³-hybridized carbons (Fsp3) is 0.714. The predicted molar refractivity (Wildman–Crippen MR) is 76.9 cm³/mol. The van der Waals surface area contributed by atoms with E-state index in [1.54, 1.807) is 11.8 Å². The van der Waals surface area contributed by atoms with Crippen molar-refractivity contribution in [1.29, 1.82) is 0 Å². The number of rotatable bonds is 2. The molecule has 21 heavy (non-hydrogen) atoms. The lowest BCUT2D eigenvalue weighted by molar-refractivity contribution is 0.0749. The van der Waals surface area contributed by atoms with E-state index in [-0.39, 0.29) is 35.2 Å². The largest absolute Gasteiger partial charge is 0.435 e. The van der Waals surface area contributed by atoms with Crippen LogP contribution in [0.4, 0.5) is 0 Å². The van der Waals surface area contributed by atoms with Crippen LogP contribution in [-0.4, -0.2) is 48.8 Å². The molecule has 1 aromatic rings. The predicted octanol–water partition coefficient (Wildman–Crippen LogP) is 1.22. The number of hydrogen-bond donors (Lipinski definition) is 0. The zero-order valence-electron chi connectivity index (χ0n) is 12.5. The fourth-order valence-electron chi connectivity index (χ4n) is 3.21. The Morgan fingerprint density at radius 2 is 1.86 bits per heavy atom. The second-order valence-corrected chi connectivity index (χ2v) is 8.58. The Morgan fingerprint density at radius 3 is 2.33 bits per heavy atom. The second kappa shape index (κ2) is 4.83. The van der Waals surface area contributed by atoms with Gasteiger partial charge in [-0.05, 0) is 18.8 Å². The summed E-state index contributed by atoms with van der Waals surface area (Å²) in [7, 11) is -2.91. The lowest BCUT2D eigenvalue weighted by Gasteiger charge is -2.15. The second-order valence-electron chi connectivity index (χ2n) is 6.43. The first-order chi connectivity index (χ1) is 9.77. The van der Waals surface area contributed by atoms with Crippen molar-refractivity contribution in [2.45, 2.75) is 26.7 Å². The van der Waals surface area contributed by atoms with Crippen LogP contribution in [0.25, 0.3) is 0 Å². The minimum Gasteiger partial charge on any atom is -0.435 e. The van der Waals surface area contributed by atoms with Crippen LogP contribution in [0.1, 0.15) is 41.9 Å². The smallest absolute Gasteiger partial charge is 0.291 e. The number of amides is 1. The molecule has 0 aliphatic carbocycles. The van der Waals surface area contributed by atoms with E-state index in [0.717, 1.165) is 0 Å². The van der Waals surface area contributed by atoms with Gasteiger partial charge in [-0.15, -0.1) is 0 Å². The molecular weight excluding hydrogens is 292 g/mol. The minimum atomic E-state index is -2.91. The highest BCUT2D eigenvalue weighted by molar-refractivity contribution is 7.91. The summed E-state index contributed by atoms with van der Waals surface area (Å²) in [6.07, 6.45) is 0. The summed E-state index contributed by atoms with van der Waals surface area (Å²) in [5.41, 5.74) is 0.605. The number of fused-ring (bicyclic) bond motifs is 1. The Morgan fingerprint density at radius 1 is 1.29 bits per heavy atom. The van der Waals surface area contributed by atoms with E-state index < -0.39 is 9.84 Å². The van der Waals surface area contributed by atoms with Crippen LogP contribution in [0.2, 0.25) is 0 Å². The third kappa shape index (κ3) is 2.59. The van der Waals surface area contributed by atoms with E-state index >= 15 is 0 Å². The van der Waals surface area contributed by atoms with Crippen LogP contribution in [0.15, 0.2) is 4.42 Å². The lowest BCUT2D eigenvalue weighted by atomic mass is 10.0. The van der Waals surface area contributed by atoms with E-state index in [9.17, 15) is 13.2 Å². The monoisotopic (exact) mass is 312 g/mol. The number of aryl methyl sites for hydroxylation is 1. The Kier molecular flexibility index (Phi) is 3.35. The normalized spacial score (nSPS) is 27.3. The molecule has 0 saturated carbocycles. The molecule has 2 aliphatic rings. The Balaban J connectivity index is 1.76. The van der Waals surface area contributed by atoms with Gasteiger partial charge in [0, 0.05) is 19.0 Å². The number of aromatic nitrogens is 1. The van der Waals surface area contributed by atoms with Crippen molar-refractivity contribution in [2.75, 3.05) is 24.6 Å². The van der Waals surface area contributed by atoms with Crippen LogP contribution >= 0.6 is 0 Å². The number of nitrogens with zero attached hydrogens (tertiary/aromatic N) is 2. The molecule has 0 radical (unpaired) electrons. The summed E-state index contributed by atoms with van der Waals surface area (Å²) in [5, 5.41) is 0. The number of oxazole rings is 1. The molecular formula is C14H20N2O4S. The summed E-state index contributed by atoms with van der Waals surface area (Å²) in [6, 6.07) is 0. The van der Waals surface area contributed by atoms with Crippen molar-refractivity contribution in [3.63, 3.8) is 0 Å². The molecule has 0 bridgehead atoms. The third-order valence-electron chi connectivity index (χ3n) is 4.30. The van der Waals surface area contributed by atoms with Gasteiger partial charge in [0.05, 0.1) is 17.2 Å². The number of carbonyl (C=O) groups excluding carboxylic acids is 1. The van der Waals surface area contributed by atoms with Gasteiger partial charge in [-0.1, -0.05) is 13.8 Å². The molecule has 0 spiro atoms. The highest BCUT2D eigenvalue weighted by Gasteiger charge is 2.45. The number of likely N-dealkylation sites (tertiary alicyclic amines) is 1. The van der Waals surface area contributed by atoms with Crippen LogP contribution in [0.3, 0.4) is 0 Å². The van der Waals surface area contributed by atoms with Crippen molar-refractivity contribution in [3.05, 3.63) is 17.3 Å². The molecule has 7 heteroatoms. The van der Waals surface area contributed by atoms with Gasteiger partial charge >= 0.3 is 0 Å². The molecule has 3 heterocycles. The van der Waals surface area contributed by atoms with Gasteiger partial charge in [0.1, 0.15) is 0 Å². The van der Waals surface area contributed by atoms with Crippen LogP contribution in [-0.2, 0) is 9.84 Å². The molecule has 6 nitrogen and oxygen atoms in total. The summed E-state index contributed by atoms with van der Waals surface area (Å²) < 4.78 is 28.8. The van der Waals surface area contributed by atoms with Crippen molar-refractivity contribution in [1.82, 2.24) is 9.88 Å². The summed E-state index contributed by atoms with van der Waals surface area (Å²) in [4.78, 5) is 18.5. The number of carbonyl (C=O) groups is 1. The van der Waals surface area contributed by atoms with E-state index in [1.165, 1.54) is 0 Å². The number of sulfone groups is 1. The molecule has 0 unspecified atom stereocenters. The highest BCUT2D eigenvalue weighted by Crippen LogP contribution is 2.33. The molecule has 2 saturated heterocycles. The highest BCUT2D eigenvalue weighted by atomic mass is 32.2. The molecule has 2 atom stereocenters. The summed E-state index contributed by atoms with van der Waals surface area (Å²) >= 11 is 0. The van der Waals surface area contributed by atoms with Gasteiger partial charge in [0.2, 0.25) is 5.76 Å². The number of hydrogen-bond acceptors (Lipinski definition) is 5. The Labute approximate surface area is 124 Å². The zero-order chi connectivity index (χ0) is 15.4. The SMILES string of the molecule is Cc1nc(C(C)C)oc1C(=O)N1C[C@@H]2CS(=O)(=O)C[C@@H]2C1. The molecule has 1 aromatic heterocycles. The van der Waals surface area contributed by atoms with E-state index in [1.807, 2.05) is 13.8 Å². The average Bonchev–Trinajstić information content (AvgIpc) is 2.98. The topological polar surface area (TPSA) is 80.5 Å². The van der Waals surface area contributed by atoms with Gasteiger partial charge in [-0.2, -0.15) is 0 Å². The molecule has 2 aliphatic heterocycles. The third-order valence-corrected chi connectivity index (χ3v) is 6.17. The standard InChI is InChI=1S/C14H20N2O4S/c1-8(2)13-15-9(3)12(20-13)14(17)16-4-10-6-21(18,19)7-11(10)5-16/h8,10-11H,4-7H2,1-3H3/t10-,11+. The van der Waals surface area contributed by atoms with Crippen molar-refractivity contribution >= 4 is 15.7 Å². The first-order valence-electron chi connectivity index (χ1n) is 7.24. The minimum absolute atomic E-state index is 0.0757. The van der Waals surface area contributed by atoms with Gasteiger partial charge in [0.15, 0.2) is 15.7 Å². The average molecular weight is 312 g/mol. The van der Waals surface area contributed by atoms with Crippen LogP contribution in [0.5, 0.6) is 0 Å². The van der Waals surface area contributed by atoms with Gasteiger partial charge in [-0.3, -0.25) is 4.79 Å². The molecule has 1 amide bonds. The van der Waals surface area contributed by atoms with E-state index in [0.29, 0.717) is 30.4 Å². The van der Waals surface area contributed by atoms with Crippen molar-refractivity contribution in [2.24, 2.45) is 11.8 Å². The van der Waals surface area contributed by atoms with E-state index in [2.05, 4.69) is 4.98 Å². The summed E-state index contributed by atoms with van der Waals surface area (Å²) in [6.45, 7) is 6.69. The Hall–Kier alpha value is -1.37. The maximum absolute atomic E-state index is 12.5.